The Kier molecular flexibility index (Phi) is 4.16. The molecule has 0 spiro atoms. The summed E-state index contributed by atoms with van der Waals surface area (Å²) in [7, 11) is 0. The van der Waals surface area contributed by atoms with Crippen molar-refractivity contribution in [2.24, 2.45) is 0 Å². The fourth-order valence-corrected chi connectivity index (χ4v) is 1.84. The van der Waals surface area contributed by atoms with Crippen LogP contribution in [-0.2, 0) is 0 Å². The number of carbonyl (C=O) groups is 2. The SMILES string of the molecule is O=C(O)c1cc(NC(=O)c2ccc(Cl)nc2Cl)ccn1. The number of carboxylic acids is 1. The van der Waals surface area contributed by atoms with Crippen LogP contribution in [0.1, 0.15) is 20.8 Å². The van der Waals surface area contributed by atoms with Crippen molar-refractivity contribution in [1.82, 2.24) is 9.97 Å². The maximum atomic E-state index is 12.0. The van der Waals surface area contributed by atoms with Crippen molar-refractivity contribution in [2.75, 3.05) is 5.32 Å². The maximum absolute atomic E-state index is 12.0. The number of halogens is 2. The van der Waals surface area contributed by atoms with Crippen molar-refractivity contribution in [1.29, 1.82) is 0 Å². The van der Waals surface area contributed by atoms with E-state index < -0.39 is 11.9 Å². The molecule has 0 fully saturated rings. The van der Waals surface area contributed by atoms with Crippen LogP contribution in [0.15, 0.2) is 30.5 Å². The van der Waals surface area contributed by atoms with Crippen molar-refractivity contribution >= 4 is 40.8 Å². The lowest BCUT2D eigenvalue weighted by Gasteiger charge is -2.06. The molecule has 0 aromatic carbocycles. The first-order valence-electron chi connectivity index (χ1n) is 5.30. The van der Waals surface area contributed by atoms with Crippen LogP contribution in [0.4, 0.5) is 5.69 Å². The molecular weight excluding hydrogens is 305 g/mol. The lowest BCUT2D eigenvalue weighted by atomic mass is 10.2. The summed E-state index contributed by atoms with van der Waals surface area (Å²) in [5.41, 5.74) is 0.237. The molecule has 0 saturated carbocycles. The minimum Gasteiger partial charge on any atom is -0.477 e. The first-order chi connectivity index (χ1) is 9.47. The Hall–Kier alpha value is -2.18. The van der Waals surface area contributed by atoms with Crippen LogP contribution >= 0.6 is 23.2 Å². The number of amides is 1. The number of anilines is 1. The van der Waals surface area contributed by atoms with Gasteiger partial charge in [0.2, 0.25) is 0 Å². The number of nitrogens with zero attached hydrogens (tertiary/aromatic N) is 2. The van der Waals surface area contributed by atoms with Gasteiger partial charge in [-0.2, -0.15) is 0 Å². The average Bonchev–Trinajstić information content (AvgIpc) is 2.38. The summed E-state index contributed by atoms with van der Waals surface area (Å²) in [5.74, 6) is -1.71. The number of aromatic carboxylic acids is 1. The van der Waals surface area contributed by atoms with E-state index in [4.69, 9.17) is 28.3 Å². The number of carbonyl (C=O) groups excluding carboxylic acids is 1. The van der Waals surface area contributed by atoms with Gasteiger partial charge in [-0.3, -0.25) is 4.79 Å². The minimum atomic E-state index is -1.19. The molecule has 2 aromatic rings. The van der Waals surface area contributed by atoms with Crippen molar-refractivity contribution in [3.05, 3.63) is 52.0 Å². The topological polar surface area (TPSA) is 92.2 Å². The Labute approximate surface area is 123 Å². The van der Waals surface area contributed by atoms with Gasteiger partial charge in [0.05, 0.1) is 5.56 Å². The summed E-state index contributed by atoms with van der Waals surface area (Å²) in [6.45, 7) is 0. The Morgan fingerprint density at radius 3 is 2.60 bits per heavy atom. The molecule has 0 aliphatic carbocycles. The second-order valence-corrected chi connectivity index (χ2v) is 4.41. The predicted octanol–water partition coefficient (Wildman–Crippen LogP) is 2.73. The fraction of sp³-hybridized carbons (Fsp3) is 0. The second kappa shape index (κ2) is 5.85. The zero-order chi connectivity index (χ0) is 14.7. The molecule has 2 aromatic heterocycles. The normalized spacial score (nSPS) is 10.1. The monoisotopic (exact) mass is 311 g/mol. The lowest BCUT2D eigenvalue weighted by Crippen LogP contribution is -2.13. The summed E-state index contributed by atoms with van der Waals surface area (Å²) in [5, 5.41) is 11.4. The third-order valence-corrected chi connectivity index (χ3v) is 2.79. The first kappa shape index (κ1) is 14.2. The molecule has 6 nitrogen and oxygen atoms in total. The number of carboxylic acid groups (broad SMARTS) is 1. The third kappa shape index (κ3) is 3.23. The number of hydrogen-bond acceptors (Lipinski definition) is 4. The Bertz CT molecular complexity index is 691. The standard InChI is InChI=1S/C12H7Cl2N3O3/c13-9-2-1-7(10(14)17-9)11(18)16-6-3-4-15-8(5-6)12(19)20/h1-5H,(H,19,20)(H,15,16,18). The molecule has 102 valence electrons. The molecule has 0 aliphatic rings. The maximum Gasteiger partial charge on any atom is 0.354 e. The number of rotatable bonds is 3. The van der Waals surface area contributed by atoms with Crippen LogP contribution in [0.25, 0.3) is 0 Å². The van der Waals surface area contributed by atoms with Gasteiger partial charge in [0.1, 0.15) is 16.0 Å². The highest BCUT2D eigenvalue weighted by molar-refractivity contribution is 6.35. The van der Waals surface area contributed by atoms with E-state index in [1.807, 2.05) is 0 Å². The van der Waals surface area contributed by atoms with Gasteiger partial charge in [0, 0.05) is 11.9 Å². The number of hydrogen-bond donors (Lipinski definition) is 2. The Morgan fingerprint density at radius 2 is 1.95 bits per heavy atom. The predicted molar refractivity (Wildman–Crippen MR) is 73.4 cm³/mol. The molecule has 0 unspecified atom stereocenters. The second-order valence-electron chi connectivity index (χ2n) is 3.66. The van der Waals surface area contributed by atoms with Crippen molar-refractivity contribution in [3.8, 4) is 0 Å². The first-order valence-corrected chi connectivity index (χ1v) is 6.05. The van der Waals surface area contributed by atoms with E-state index in [1.165, 1.54) is 30.5 Å². The average molecular weight is 312 g/mol. The molecule has 0 radical (unpaired) electrons. The molecule has 0 saturated heterocycles. The molecule has 8 heteroatoms. The Morgan fingerprint density at radius 1 is 1.20 bits per heavy atom. The van der Waals surface area contributed by atoms with E-state index >= 15 is 0 Å². The van der Waals surface area contributed by atoms with E-state index in [-0.39, 0.29) is 27.3 Å². The number of nitrogens with one attached hydrogen (secondary N) is 1. The van der Waals surface area contributed by atoms with Crippen LogP contribution in [0.3, 0.4) is 0 Å². The summed E-state index contributed by atoms with van der Waals surface area (Å²) in [4.78, 5) is 30.1. The zero-order valence-corrected chi connectivity index (χ0v) is 11.3. The van der Waals surface area contributed by atoms with Crippen LogP contribution in [-0.4, -0.2) is 27.0 Å². The van der Waals surface area contributed by atoms with Crippen LogP contribution in [0, 0.1) is 0 Å². The van der Waals surface area contributed by atoms with E-state index in [2.05, 4.69) is 15.3 Å². The van der Waals surface area contributed by atoms with Crippen LogP contribution in [0.5, 0.6) is 0 Å². The van der Waals surface area contributed by atoms with Gasteiger partial charge in [0.25, 0.3) is 5.91 Å². The molecule has 2 heterocycles. The van der Waals surface area contributed by atoms with Gasteiger partial charge in [-0.05, 0) is 24.3 Å². The highest BCUT2D eigenvalue weighted by atomic mass is 35.5. The molecule has 0 bridgehead atoms. The van der Waals surface area contributed by atoms with Gasteiger partial charge in [-0.15, -0.1) is 0 Å². The third-order valence-electron chi connectivity index (χ3n) is 2.30. The van der Waals surface area contributed by atoms with Gasteiger partial charge in [-0.1, -0.05) is 23.2 Å². The van der Waals surface area contributed by atoms with E-state index in [0.29, 0.717) is 0 Å². The minimum absolute atomic E-state index is 0.0393. The van der Waals surface area contributed by atoms with Crippen LogP contribution in [0.2, 0.25) is 10.3 Å². The zero-order valence-electron chi connectivity index (χ0n) is 9.80. The quantitative estimate of drug-likeness (QED) is 0.850. The van der Waals surface area contributed by atoms with Gasteiger partial charge in [-0.25, -0.2) is 14.8 Å². The van der Waals surface area contributed by atoms with E-state index in [0.717, 1.165) is 0 Å². The number of pyridine rings is 2. The molecule has 2 rings (SSSR count). The smallest absolute Gasteiger partial charge is 0.354 e. The fourth-order valence-electron chi connectivity index (χ4n) is 1.41. The molecule has 1 amide bonds. The molecule has 2 N–H and O–H groups in total. The lowest BCUT2D eigenvalue weighted by molar-refractivity contribution is 0.0690. The van der Waals surface area contributed by atoms with Crippen LogP contribution < -0.4 is 5.32 Å². The van der Waals surface area contributed by atoms with Crippen molar-refractivity contribution in [2.45, 2.75) is 0 Å². The number of aromatic nitrogens is 2. The van der Waals surface area contributed by atoms with Gasteiger partial charge >= 0.3 is 5.97 Å². The molecule has 0 aliphatic heterocycles. The summed E-state index contributed by atoms with van der Waals surface area (Å²) >= 11 is 11.4. The van der Waals surface area contributed by atoms with Crippen molar-refractivity contribution in [3.63, 3.8) is 0 Å². The summed E-state index contributed by atoms with van der Waals surface area (Å²) in [6, 6.07) is 5.54. The van der Waals surface area contributed by atoms with Gasteiger partial charge < -0.3 is 10.4 Å². The largest absolute Gasteiger partial charge is 0.477 e. The summed E-state index contributed by atoms with van der Waals surface area (Å²) < 4.78 is 0. The highest BCUT2D eigenvalue weighted by Gasteiger charge is 2.13. The van der Waals surface area contributed by atoms with Gasteiger partial charge in [0.15, 0.2) is 0 Å². The molecule has 0 atom stereocenters. The summed E-state index contributed by atoms with van der Waals surface area (Å²) in [6.07, 6.45) is 1.28. The molecule has 20 heavy (non-hydrogen) atoms. The van der Waals surface area contributed by atoms with Crippen molar-refractivity contribution < 1.29 is 14.7 Å². The van der Waals surface area contributed by atoms with E-state index in [1.54, 1.807) is 0 Å². The molecular formula is C12H7Cl2N3O3. The highest BCUT2D eigenvalue weighted by Crippen LogP contribution is 2.18. The van der Waals surface area contributed by atoms with E-state index in [9.17, 15) is 9.59 Å². The Balaban J connectivity index is 2.23.